The van der Waals surface area contributed by atoms with Crippen molar-refractivity contribution in [1.29, 1.82) is 0 Å². The molecule has 0 saturated carbocycles. The van der Waals surface area contributed by atoms with Gasteiger partial charge in [-0.3, -0.25) is 10.1 Å². The first-order chi connectivity index (χ1) is 14.1. The molecule has 156 valence electrons. The van der Waals surface area contributed by atoms with E-state index in [9.17, 15) is 14.0 Å². The summed E-state index contributed by atoms with van der Waals surface area (Å²) in [5.74, 6) is -1.14. The number of aromatic nitrogens is 2. The van der Waals surface area contributed by atoms with Crippen LogP contribution in [0.5, 0.6) is 0 Å². The molecule has 2 aromatic carbocycles. The number of hydrogen-bond donors (Lipinski definition) is 2. The number of carbonyl (C=O) groups excluding carboxylic acids is 2. The Hall–Kier alpha value is -3.68. The highest BCUT2D eigenvalue weighted by Gasteiger charge is 2.19. The highest BCUT2D eigenvalue weighted by molar-refractivity contribution is 6.05. The zero-order valence-electron chi connectivity index (χ0n) is 17.2. The Morgan fingerprint density at radius 1 is 1.07 bits per heavy atom. The molecule has 0 bridgehead atoms. The molecule has 0 fully saturated rings. The number of nitrogens with one attached hydrogen (secondary N) is 2. The second-order valence-electron chi connectivity index (χ2n) is 7.67. The summed E-state index contributed by atoms with van der Waals surface area (Å²) in [7, 11) is 0. The minimum absolute atomic E-state index is 0.0691. The van der Waals surface area contributed by atoms with Crippen molar-refractivity contribution in [2.45, 2.75) is 33.3 Å². The van der Waals surface area contributed by atoms with Crippen molar-refractivity contribution in [3.63, 3.8) is 0 Å². The second kappa shape index (κ2) is 8.36. The molecule has 0 aliphatic carbocycles. The van der Waals surface area contributed by atoms with Gasteiger partial charge in [-0.15, -0.1) is 0 Å². The number of benzene rings is 2. The maximum atomic E-state index is 14.2. The summed E-state index contributed by atoms with van der Waals surface area (Å²) in [5, 5.41) is 9.31. The maximum Gasteiger partial charge on any atom is 0.412 e. The summed E-state index contributed by atoms with van der Waals surface area (Å²) >= 11 is 0. The van der Waals surface area contributed by atoms with Gasteiger partial charge < -0.3 is 10.1 Å². The minimum atomic E-state index is -0.675. The van der Waals surface area contributed by atoms with Gasteiger partial charge in [-0.05, 0) is 58.0 Å². The molecular weight excluding hydrogens is 387 g/mol. The predicted octanol–water partition coefficient (Wildman–Crippen LogP) is 4.92. The van der Waals surface area contributed by atoms with Gasteiger partial charge in [0.1, 0.15) is 11.4 Å². The molecule has 3 rings (SSSR count). The number of rotatable bonds is 4. The van der Waals surface area contributed by atoms with E-state index in [2.05, 4.69) is 15.7 Å². The van der Waals surface area contributed by atoms with Crippen LogP contribution in [0.4, 0.5) is 20.6 Å². The van der Waals surface area contributed by atoms with Gasteiger partial charge in [0.05, 0.1) is 28.8 Å². The molecule has 8 heteroatoms. The lowest BCUT2D eigenvalue weighted by Crippen LogP contribution is -2.27. The van der Waals surface area contributed by atoms with Crippen LogP contribution in [-0.2, 0) is 4.74 Å². The molecule has 2 N–H and O–H groups in total. The number of para-hydroxylation sites is 1. The van der Waals surface area contributed by atoms with E-state index in [0.717, 1.165) is 11.8 Å². The molecule has 0 atom stereocenters. The van der Waals surface area contributed by atoms with E-state index in [1.165, 1.54) is 18.3 Å². The Morgan fingerprint density at radius 2 is 1.77 bits per heavy atom. The average molecular weight is 410 g/mol. The quantitative estimate of drug-likeness (QED) is 0.639. The highest BCUT2D eigenvalue weighted by atomic mass is 19.1. The van der Waals surface area contributed by atoms with Crippen molar-refractivity contribution in [3.05, 3.63) is 71.8 Å². The first kappa shape index (κ1) is 21.0. The van der Waals surface area contributed by atoms with Crippen molar-refractivity contribution in [2.75, 3.05) is 10.6 Å². The topological polar surface area (TPSA) is 85.2 Å². The Labute approximate surface area is 173 Å². The monoisotopic (exact) mass is 410 g/mol. The molecular formula is C22H23FN4O3. The van der Waals surface area contributed by atoms with Gasteiger partial charge >= 0.3 is 6.09 Å². The first-order valence-corrected chi connectivity index (χ1v) is 9.35. The summed E-state index contributed by atoms with van der Waals surface area (Å²) in [6.45, 7) is 6.97. The molecule has 2 amide bonds. The van der Waals surface area contributed by atoms with Gasteiger partial charge in [-0.25, -0.2) is 13.9 Å². The summed E-state index contributed by atoms with van der Waals surface area (Å²) in [4.78, 5) is 24.6. The Balaban J connectivity index is 1.77. The van der Waals surface area contributed by atoms with E-state index in [4.69, 9.17) is 4.74 Å². The zero-order valence-corrected chi connectivity index (χ0v) is 17.2. The van der Waals surface area contributed by atoms with Crippen LogP contribution in [0.2, 0.25) is 0 Å². The number of nitrogens with zero attached hydrogens (tertiary/aromatic N) is 2. The van der Waals surface area contributed by atoms with Gasteiger partial charge in [0, 0.05) is 5.69 Å². The van der Waals surface area contributed by atoms with E-state index in [0.29, 0.717) is 11.3 Å². The van der Waals surface area contributed by atoms with E-state index in [1.54, 1.807) is 32.4 Å². The summed E-state index contributed by atoms with van der Waals surface area (Å²) in [5.41, 5.74) is 1.28. The van der Waals surface area contributed by atoms with Gasteiger partial charge in [0.2, 0.25) is 0 Å². The second-order valence-corrected chi connectivity index (χ2v) is 7.67. The highest BCUT2D eigenvalue weighted by Crippen LogP contribution is 2.22. The third kappa shape index (κ3) is 5.02. The van der Waals surface area contributed by atoms with Crippen LogP contribution >= 0.6 is 0 Å². The first-order valence-electron chi connectivity index (χ1n) is 9.35. The standard InChI is InChI=1S/C22H23FN4O3/c1-14-17(13-24-27(14)16-8-6-5-7-9-16)20(28)26-19-12-15(10-11-18(19)23)25-21(29)30-22(2,3)4/h5-13H,1-4H3,(H,25,29)(H,26,28). The number of ether oxygens (including phenoxy) is 1. The number of anilines is 2. The number of halogens is 1. The van der Waals surface area contributed by atoms with Crippen molar-refractivity contribution < 1.29 is 18.7 Å². The van der Waals surface area contributed by atoms with Crippen molar-refractivity contribution in [1.82, 2.24) is 9.78 Å². The molecule has 0 aliphatic heterocycles. The van der Waals surface area contributed by atoms with Crippen molar-refractivity contribution in [2.24, 2.45) is 0 Å². The molecule has 30 heavy (non-hydrogen) atoms. The van der Waals surface area contributed by atoms with Crippen LogP contribution < -0.4 is 10.6 Å². The lowest BCUT2D eigenvalue weighted by molar-refractivity contribution is 0.0635. The molecule has 1 aromatic heterocycles. The van der Waals surface area contributed by atoms with Gasteiger partial charge in [0.15, 0.2) is 0 Å². The molecule has 0 radical (unpaired) electrons. The summed E-state index contributed by atoms with van der Waals surface area (Å²) in [6.07, 6.45) is 0.754. The third-order valence-corrected chi connectivity index (χ3v) is 4.12. The van der Waals surface area contributed by atoms with Gasteiger partial charge in [-0.1, -0.05) is 18.2 Å². The van der Waals surface area contributed by atoms with E-state index in [1.807, 2.05) is 30.3 Å². The fraction of sp³-hybridized carbons (Fsp3) is 0.227. The average Bonchev–Trinajstić information content (AvgIpc) is 3.05. The van der Waals surface area contributed by atoms with Crippen LogP contribution in [0.15, 0.2) is 54.7 Å². The molecule has 7 nitrogen and oxygen atoms in total. The summed E-state index contributed by atoms with van der Waals surface area (Å²) in [6, 6.07) is 13.2. The van der Waals surface area contributed by atoms with Crippen LogP contribution in [0.3, 0.4) is 0 Å². The zero-order chi connectivity index (χ0) is 21.9. The smallest absolute Gasteiger partial charge is 0.412 e. The van der Waals surface area contributed by atoms with Gasteiger partial charge in [0.25, 0.3) is 5.91 Å². The largest absolute Gasteiger partial charge is 0.444 e. The number of amides is 2. The lowest BCUT2D eigenvalue weighted by atomic mass is 10.2. The molecule has 3 aromatic rings. The number of hydrogen-bond acceptors (Lipinski definition) is 4. The molecule has 0 saturated heterocycles. The van der Waals surface area contributed by atoms with Crippen LogP contribution in [0.25, 0.3) is 5.69 Å². The van der Waals surface area contributed by atoms with E-state index >= 15 is 0 Å². The maximum absolute atomic E-state index is 14.2. The Bertz CT molecular complexity index is 1070. The Kier molecular flexibility index (Phi) is 5.86. The van der Waals surface area contributed by atoms with Crippen molar-refractivity contribution in [3.8, 4) is 5.69 Å². The lowest BCUT2D eigenvalue weighted by Gasteiger charge is -2.19. The van der Waals surface area contributed by atoms with Gasteiger partial charge in [-0.2, -0.15) is 5.10 Å². The van der Waals surface area contributed by atoms with Crippen LogP contribution in [-0.4, -0.2) is 27.4 Å². The van der Waals surface area contributed by atoms with Crippen LogP contribution in [0.1, 0.15) is 36.8 Å². The molecule has 0 aliphatic rings. The molecule has 1 heterocycles. The number of carbonyl (C=O) groups is 2. The van der Waals surface area contributed by atoms with E-state index in [-0.39, 0.29) is 11.4 Å². The molecule has 0 spiro atoms. The fourth-order valence-corrected chi connectivity index (χ4v) is 2.77. The molecule has 0 unspecified atom stereocenters. The normalized spacial score (nSPS) is 11.1. The van der Waals surface area contributed by atoms with Crippen LogP contribution in [0, 0.1) is 12.7 Å². The Morgan fingerprint density at radius 3 is 2.43 bits per heavy atom. The van der Waals surface area contributed by atoms with Crippen molar-refractivity contribution >= 4 is 23.4 Å². The fourth-order valence-electron chi connectivity index (χ4n) is 2.77. The SMILES string of the molecule is Cc1c(C(=O)Nc2cc(NC(=O)OC(C)(C)C)ccc2F)cnn1-c1ccccc1. The third-order valence-electron chi connectivity index (χ3n) is 4.12. The summed E-state index contributed by atoms with van der Waals surface area (Å²) < 4.78 is 21.1. The van der Waals surface area contributed by atoms with E-state index < -0.39 is 23.4 Å². The predicted molar refractivity (Wildman–Crippen MR) is 113 cm³/mol. The minimum Gasteiger partial charge on any atom is -0.444 e.